The number of benzene rings is 3. The van der Waals surface area contributed by atoms with Gasteiger partial charge < -0.3 is 9.84 Å². The molecule has 0 radical (unpaired) electrons. The Hall–Kier alpha value is -3.92. The minimum Gasteiger partial charge on any atom is -0.478 e. The minimum absolute atomic E-state index is 0.0107. The van der Waals surface area contributed by atoms with Gasteiger partial charge in [0, 0.05) is 0 Å². The molecule has 0 aliphatic heterocycles. The van der Waals surface area contributed by atoms with Crippen molar-refractivity contribution >= 4 is 24.1 Å². The molecule has 1 N–H and O–H groups in total. The van der Waals surface area contributed by atoms with Crippen molar-refractivity contribution in [3.63, 3.8) is 0 Å². The van der Waals surface area contributed by atoms with Crippen molar-refractivity contribution < 1.29 is 19.4 Å². The van der Waals surface area contributed by atoms with Crippen molar-refractivity contribution in [1.82, 2.24) is 0 Å². The van der Waals surface area contributed by atoms with Gasteiger partial charge in [-0.15, -0.1) is 0 Å². The minimum atomic E-state index is -1.20. The first kappa shape index (κ1) is 19.8. The van der Waals surface area contributed by atoms with E-state index in [4.69, 9.17) is 4.74 Å². The van der Waals surface area contributed by atoms with Gasteiger partial charge in [0.05, 0.1) is 11.1 Å². The highest BCUT2D eigenvalue weighted by molar-refractivity contribution is 6.12. The van der Waals surface area contributed by atoms with Gasteiger partial charge in [-0.2, -0.15) is 0 Å². The molecule has 0 amide bonds. The zero-order valence-corrected chi connectivity index (χ0v) is 15.7. The van der Waals surface area contributed by atoms with Crippen LogP contribution < -0.4 is 0 Å². The molecular formula is C25H20O4. The van der Waals surface area contributed by atoms with Gasteiger partial charge in [-0.1, -0.05) is 91.0 Å². The van der Waals surface area contributed by atoms with E-state index in [1.807, 2.05) is 54.6 Å². The lowest BCUT2D eigenvalue weighted by molar-refractivity contribution is -0.141. The summed E-state index contributed by atoms with van der Waals surface area (Å²) in [5, 5.41) is 9.80. The number of carboxylic acids is 1. The van der Waals surface area contributed by atoms with Crippen molar-refractivity contribution in [3.05, 3.63) is 119 Å². The van der Waals surface area contributed by atoms with Crippen LogP contribution in [0.25, 0.3) is 12.2 Å². The Bertz CT molecular complexity index is 1020. The Morgan fingerprint density at radius 2 is 1.14 bits per heavy atom. The first-order valence-corrected chi connectivity index (χ1v) is 9.11. The van der Waals surface area contributed by atoms with E-state index in [-0.39, 0.29) is 17.8 Å². The lowest BCUT2D eigenvalue weighted by atomic mass is 10.00. The summed E-state index contributed by atoms with van der Waals surface area (Å²) >= 11 is 0. The molecule has 0 aliphatic rings. The van der Waals surface area contributed by atoms with Crippen LogP contribution in [0.4, 0.5) is 0 Å². The average molecular weight is 384 g/mol. The fourth-order valence-corrected chi connectivity index (χ4v) is 2.73. The molecule has 3 rings (SSSR count). The Morgan fingerprint density at radius 3 is 1.62 bits per heavy atom. The number of carbonyl (C=O) groups is 2. The summed E-state index contributed by atoms with van der Waals surface area (Å²) in [6.45, 7) is 0.0596. The molecule has 0 bridgehead atoms. The third-order valence-electron chi connectivity index (χ3n) is 4.17. The highest BCUT2D eigenvalue weighted by atomic mass is 16.5. The van der Waals surface area contributed by atoms with Crippen LogP contribution in [-0.4, -0.2) is 17.0 Å². The van der Waals surface area contributed by atoms with Gasteiger partial charge in [0.25, 0.3) is 0 Å². The molecule has 29 heavy (non-hydrogen) atoms. The van der Waals surface area contributed by atoms with Crippen LogP contribution in [0, 0.1) is 0 Å². The zero-order chi connectivity index (χ0) is 20.5. The SMILES string of the molecule is O=C(O)C(=C\c1ccccc1)/C(=C\c1ccccc1)C(=O)OCc1ccccc1. The number of carboxylic acid groups (broad SMARTS) is 1. The van der Waals surface area contributed by atoms with Crippen molar-refractivity contribution in [2.24, 2.45) is 0 Å². The van der Waals surface area contributed by atoms with E-state index in [2.05, 4.69) is 0 Å². The summed E-state index contributed by atoms with van der Waals surface area (Å²) in [6.07, 6.45) is 3.01. The molecule has 0 saturated heterocycles. The maximum absolute atomic E-state index is 12.9. The normalized spacial score (nSPS) is 11.7. The molecule has 0 atom stereocenters. The van der Waals surface area contributed by atoms with Gasteiger partial charge in [-0.3, -0.25) is 0 Å². The molecule has 4 heteroatoms. The van der Waals surface area contributed by atoms with Crippen molar-refractivity contribution in [1.29, 1.82) is 0 Å². The number of rotatable bonds is 7. The highest BCUT2D eigenvalue weighted by Crippen LogP contribution is 2.21. The van der Waals surface area contributed by atoms with E-state index in [1.165, 1.54) is 12.2 Å². The van der Waals surface area contributed by atoms with Gasteiger partial charge >= 0.3 is 11.9 Å². The summed E-state index contributed by atoms with van der Waals surface area (Å²) < 4.78 is 5.42. The summed E-state index contributed by atoms with van der Waals surface area (Å²) in [6, 6.07) is 27.3. The second kappa shape index (κ2) is 9.85. The first-order valence-electron chi connectivity index (χ1n) is 9.11. The lowest BCUT2D eigenvalue weighted by Crippen LogP contribution is -2.15. The van der Waals surface area contributed by atoms with E-state index >= 15 is 0 Å². The van der Waals surface area contributed by atoms with Crippen LogP contribution in [0.1, 0.15) is 16.7 Å². The third-order valence-corrected chi connectivity index (χ3v) is 4.17. The Morgan fingerprint density at radius 1 is 0.690 bits per heavy atom. The van der Waals surface area contributed by atoms with Crippen LogP contribution in [0.15, 0.2) is 102 Å². The maximum Gasteiger partial charge on any atom is 0.339 e. The Balaban J connectivity index is 1.97. The smallest absolute Gasteiger partial charge is 0.339 e. The first-order chi connectivity index (χ1) is 14.1. The number of hydrogen-bond donors (Lipinski definition) is 1. The molecule has 0 saturated carbocycles. The van der Waals surface area contributed by atoms with Crippen LogP contribution >= 0.6 is 0 Å². The number of ether oxygens (including phenoxy) is 1. The largest absolute Gasteiger partial charge is 0.478 e. The third kappa shape index (κ3) is 5.78. The van der Waals surface area contributed by atoms with Crippen LogP contribution in [0.3, 0.4) is 0 Å². The molecule has 4 nitrogen and oxygen atoms in total. The average Bonchev–Trinajstić information content (AvgIpc) is 2.76. The highest BCUT2D eigenvalue weighted by Gasteiger charge is 2.22. The summed E-state index contributed by atoms with van der Waals surface area (Å²) in [5.41, 5.74) is 2.07. The molecule has 3 aromatic carbocycles. The molecule has 3 aromatic rings. The molecule has 0 heterocycles. The van der Waals surface area contributed by atoms with Gasteiger partial charge in [-0.25, -0.2) is 9.59 Å². The van der Waals surface area contributed by atoms with E-state index in [1.54, 1.807) is 36.4 Å². The second-order valence-corrected chi connectivity index (χ2v) is 6.30. The van der Waals surface area contributed by atoms with Crippen LogP contribution in [0.2, 0.25) is 0 Å². The molecule has 144 valence electrons. The number of carbonyl (C=O) groups excluding carboxylic acids is 1. The lowest BCUT2D eigenvalue weighted by Gasteiger charge is -2.10. The van der Waals surface area contributed by atoms with Gasteiger partial charge in [0.15, 0.2) is 0 Å². The molecule has 0 unspecified atom stereocenters. The summed E-state index contributed by atoms with van der Waals surface area (Å²) in [5.74, 6) is -1.89. The van der Waals surface area contributed by atoms with E-state index < -0.39 is 11.9 Å². The number of aliphatic carboxylic acids is 1. The van der Waals surface area contributed by atoms with E-state index in [9.17, 15) is 14.7 Å². The maximum atomic E-state index is 12.9. The quantitative estimate of drug-likeness (QED) is 0.354. The molecule has 0 fully saturated rings. The standard InChI is InChI=1S/C25H20O4/c26-24(27)22(16-19-10-4-1-5-11-19)23(17-20-12-6-2-7-13-20)25(28)29-18-21-14-8-3-9-15-21/h1-17H,18H2,(H,26,27)/b22-16-,23-17+. The summed E-state index contributed by atoms with van der Waals surface area (Å²) in [7, 11) is 0. The Kier molecular flexibility index (Phi) is 6.74. The van der Waals surface area contributed by atoms with Gasteiger partial charge in [0.2, 0.25) is 0 Å². The van der Waals surface area contributed by atoms with Crippen molar-refractivity contribution in [2.45, 2.75) is 6.61 Å². The molecule has 0 spiro atoms. The van der Waals surface area contributed by atoms with Crippen molar-refractivity contribution in [3.8, 4) is 0 Å². The van der Waals surface area contributed by atoms with E-state index in [0.29, 0.717) is 11.1 Å². The predicted octanol–water partition coefficient (Wildman–Crippen LogP) is 4.98. The fourth-order valence-electron chi connectivity index (χ4n) is 2.73. The molecular weight excluding hydrogens is 364 g/mol. The van der Waals surface area contributed by atoms with Crippen LogP contribution in [-0.2, 0) is 20.9 Å². The number of esters is 1. The fraction of sp³-hybridized carbons (Fsp3) is 0.0400. The second-order valence-electron chi connectivity index (χ2n) is 6.30. The van der Waals surface area contributed by atoms with Crippen molar-refractivity contribution in [2.75, 3.05) is 0 Å². The molecule has 0 aliphatic carbocycles. The van der Waals surface area contributed by atoms with E-state index in [0.717, 1.165) is 5.56 Å². The van der Waals surface area contributed by atoms with Gasteiger partial charge in [-0.05, 0) is 28.8 Å². The number of hydrogen-bond acceptors (Lipinski definition) is 3. The predicted molar refractivity (Wildman–Crippen MR) is 113 cm³/mol. The Labute approximate surface area is 169 Å². The monoisotopic (exact) mass is 384 g/mol. The summed E-state index contributed by atoms with van der Waals surface area (Å²) in [4.78, 5) is 24.9. The molecule has 0 aromatic heterocycles. The van der Waals surface area contributed by atoms with Gasteiger partial charge in [0.1, 0.15) is 6.61 Å². The zero-order valence-electron chi connectivity index (χ0n) is 15.7. The topological polar surface area (TPSA) is 63.6 Å². The van der Waals surface area contributed by atoms with Crippen LogP contribution in [0.5, 0.6) is 0 Å².